The number of rotatable bonds is 2. The quantitative estimate of drug-likeness (QED) is 0.732. The molecule has 68 valence electrons. The molecule has 1 aromatic rings. The summed E-state index contributed by atoms with van der Waals surface area (Å²) in [6, 6.07) is 2.10. The van der Waals surface area contributed by atoms with E-state index in [0.29, 0.717) is 18.8 Å². The number of hydrogen-bond acceptors (Lipinski definition) is 4. The number of nitrogen functional groups attached to an aromatic ring is 1. The van der Waals surface area contributed by atoms with Crippen LogP contribution in [0.1, 0.15) is 23.4 Å². The molecule has 0 amide bonds. The van der Waals surface area contributed by atoms with Gasteiger partial charge in [0.25, 0.3) is 0 Å². The Morgan fingerprint density at radius 1 is 1.31 bits per heavy atom. The summed E-state index contributed by atoms with van der Waals surface area (Å²) in [5.41, 5.74) is 8.26. The fourth-order valence-corrected chi connectivity index (χ4v) is 1.31. The lowest BCUT2D eigenvalue weighted by molar-refractivity contribution is 0.919. The number of hydrogen-bond donors (Lipinski definition) is 1. The third kappa shape index (κ3) is 2.15. The van der Waals surface area contributed by atoms with Crippen molar-refractivity contribution >= 4 is 5.95 Å². The van der Waals surface area contributed by atoms with E-state index in [0.717, 1.165) is 17.0 Å². The minimum Gasteiger partial charge on any atom is -0.368 e. The Morgan fingerprint density at radius 3 is 2.31 bits per heavy atom. The summed E-state index contributed by atoms with van der Waals surface area (Å²) < 4.78 is 0. The van der Waals surface area contributed by atoms with E-state index in [-0.39, 0.29) is 0 Å². The smallest absolute Gasteiger partial charge is 0.220 e. The third-order valence-corrected chi connectivity index (χ3v) is 1.92. The van der Waals surface area contributed by atoms with Crippen LogP contribution < -0.4 is 5.73 Å². The van der Waals surface area contributed by atoms with Crippen molar-refractivity contribution < 1.29 is 0 Å². The molecule has 0 saturated carbocycles. The zero-order valence-electron chi connectivity index (χ0n) is 7.83. The van der Waals surface area contributed by atoms with Crippen LogP contribution in [-0.2, 0) is 6.42 Å². The second-order valence-corrected chi connectivity index (χ2v) is 2.89. The first-order chi connectivity index (χ1) is 6.15. The van der Waals surface area contributed by atoms with Gasteiger partial charge in [0.05, 0.1) is 6.07 Å². The molecule has 0 radical (unpaired) electrons. The molecule has 1 rings (SSSR count). The Labute approximate surface area is 77.4 Å². The molecule has 0 bridgehead atoms. The molecule has 2 N–H and O–H groups in total. The van der Waals surface area contributed by atoms with Gasteiger partial charge in [-0.15, -0.1) is 0 Å². The summed E-state index contributed by atoms with van der Waals surface area (Å²) in [7, 11) is 0. The van der Waals surface area contributed by atoms with Gasteiger partial charge in [0.15, 0.2) is 0 Å². The Morgan fingerprint density at radius 2 is 1.85 bits per heavy atom. The lowest BCUT2D eigenvalue weighted by Crippen LogP contribution is -2.04. The second-order valence-electron chi connectivity index (χ2n) is 2.89. The molecule has 4 heteroatoms. The number of nitrogens with zero attached hydrogens (tertiary/aromatic N) is 3. The van der Waals surface area contributed by atoms with Gasteiger partial charge in [-0.25, -0.2) is 9.97 Å². The second kappa shape index (κ2) is 3.85. The Balaban J connectivity index is 3.00. The molecular weight excluding hydrogens is 164 g/mol. The first kappa shape index (κ1) is 9.46. The molecule has 4 nitrogen and oxygen atoms in total. The highest BCUT2D eigenvalue weighted by molar-refractivity contribution is 5.30. The number of anilines is 1. The summed E-state index contributed by atoms with van der Waals surface area (Å²) in [6.07, 6.45) is 1.20. The molecule has 0 aliphatic heterocycles. The van der Waals surface area contributed by atoms with Gasteiger partial charge in [-0.3, -0.25) is 0 Å². The lowest BCUT2D eigenvalue weighted by Gasteiger charge is -2.06. The predicted molar refractivity (Wildman–Crippen MR) is 49.9 cm³/mol. The maximum Gasteiger partial charge on any atom is 0.220 e. The van der Waals surface area contributed by atoms with Gasteiger partial charge in [0.2, 0.25) is 5.95 Å². The van der Waals surface area contributed by atoms with Crippen LogP contribution in [0, 0.1) is 25.2 Å². The van der Waals surface area contributed by atoms with E-state index in [4.69, 9.17) is 11.0 Å². The van der Waals surface area contributed by atoms with Gasteiger partial charge in [0.1, 0.15) is 0 Å². The highest BCUT2D eigenvalue weighted by Gasteiger charge is 2.05. The monoisotopic (exact) mass is 176 g/mol. The van der Waals surface area contributed by atoms with Gasteiger partial charge in [0, 0.05) is 17.8 Å². The van der Waals surface area contributed by atoms with Gasteiger partial charge in [-0.2, -0.15) is 5.26 Å². The molecule has 0 aromatic carbocycles. The third-order valence-electron chi connectivity index (χ3n) is 1.92. The zero-order chi connectivity index (χ0) is 9.84. The topological polar surface area (TPSA) is 75.6 Å². The number of nitriles is 1. The normalized spacial score (nSPS) is 9.62. The lowest BCUT2D eigenvalue weighted by atomic mass is 10.1. The van der Waals surface area contributed by atoms with Crippen molar-refractivity contribution in [3.63, 3.8) is 0 Å². The number of aryl methyl sites for hydroxylation is 2. The zero-order valence-corrected chi connectivity index (χ0v) is 7.83. The predicted octanol–water partition coefficient (Wildman–Crippen LogP) is 1.13. The molecule has 0 unspecified atom stereocenters. The number of nitrogens with two attached hydrogens (primary N) is 1. The minimum atomic E-state index is 0.302. The summed E-state index contributed by atoms with van der Waals surface area (Å²) in [5.74, 6) is 0.302. The van der Waals surface area contributed by atoms with E-state index in [1.54, 1.807) is 0 Å². The van der Waals surface area contributed by atoms with Crippen molar-refractivity contribution in [2.75, 3.05) is 5.73 Å². The highest BCUT2D eigenvalue weighted by atomic mass is 15.0. The van der Waals surface area contributed by atoms with E-state index in [2.05, 4.69) is 16.0 Å². The molecule has 1 aromatic heterocycles. The standard InChI is InChI=1S/C9H12N4/c1-6-8(4-3-5-10)7(2)13-9(11)12-6/h3-4H2,1-2H3,(H2,11,12,13). The SMILES string of the molecule is Cc1nc(N)nc(C)c1CCC#N. The van der Waals surface area contributed by atoms with Gasteiger partial charge in [-0.1, -0.05) is 0 Å². The molecule has 13 heavy (non-hydrogen) atoms. The van der Waals surface area contributed by atoms with Crippen molar-refractivity contribution in [1.29, 1.82) is 5.26 Å². The maximum atomic E-state index is 8.45. The average molecular weight is 176 g/mol. The van der Waals surface area contributed by atoms with Crippen molar-refractivity contribution in [3.05, 3.63) is 17.0 Å². The van der Waals surface area contributed by atoms with Crippen LogP contribution in [0.3, 0.4) is 0 Å². The Hall–Kier alpha value is -1.63. The molecular formula is C9H12N4. The molecule has 0 atom stereocenters. The first-order valence-electron chi connectivity index (χ1n) is 4.11. The molecule has 1 heterocycles. The molecule has 0 aliphatic carbocycles. The Kier molecular flexibility index (Phi) is 2.80. The molecule has 0 saturated heterocycles. The Bertz CT molecular complexity index is 328. The van der Waals surface area contributed by atoms with E-state index in [1.807, 2.05) is 13.8 Å². The van der Waals surface area contributed by atoms with Crippen LogP contribution in [0.4, 0.5) is 5.95 Å². The molecule has 0 fully saturated rings. The number of aromatic nitrogens is 2. The van der Waals surface area contributed by atoms with Crippen LogP contribution in [0.15, 0.2) is 0 Å². The first-order valence-corrected chi connectivity index (χ1v) is 4.11. The van der Waals surface area contributed by atoms with E-state index in [1.165, 1.54) is 0 Å². The minimum absolute atomic E-state index is 0.302. The average Bonchev–Trinajstić information content (AvgIpc) is 2.02. The van der Waals surface area contributed by atoms with E-state index >= 15 is 0 Å². The summed E-state index contributed by atoms with van der Waals surface area (Å²) >= 11 is 0. The highest BCUT2D eigenvalue weighted by Crippen LogP contribution is 2.12. The van der Waals surface area contributed by atoms with Gasteiger partial charge < -0.3 is 5.73 Å². The van der Waals surface area contributed by atoms with Crippen LogP contribution in [0.5, 0.6) is 0 Å². The van der Waals surface area contributed by atoms with Crippen molar-refractivity contribution in [2.45, 2.75) is 26.7 Å². The summed E-state index contributed by atoms with van der Waals surface area (Å²) in [4.78, 5) is 8.09. The van der Waals surface area contributed by atoms with Gasteiger partial charge in [-0.05, 0) is 25.8 Å². The van der Waals surface area contributed by atoms with Crippen molar-refractivity contribution in [3.8, 4) is 6.07 Å². The van der Waals surface area contributed by atoms with Crippen LogP contribution in [0.25, 0.3) is 0 Å². The van der Waals surface area contributed by atoms with Gasteiger partial charge >= 0.3 is 0 Å². The van der Waals surface area contributed by atoms with Crippen LogP contribution >= 0.6 is 0 Å². The largest absolute Gasteiger partial charge is 0.368 e. The summed E-state index contributed by atoms with van der Waals surface area (Å²) in [6.45, 7) is 3.77. The maximum absolute atomic E-state index is 8.45. The van der Waals surface area contributed by atoms with E-state index < -0.39 is 0 Å². The molecule has 0 spiro atoms. The van der Waals surface area contributed by atoms with Crippen molar-refractivity contribution in [1.82, 2.24) is 9.97 Å². The molecule has 0 aliphatic rings. The van der Waals surface area contributed by atoms with Crippen molar-refractivity contribution in [2.24, 2.45) is 0 Å². The fraction of sp³-hybridized carbons (Fsp3) is 0.444. The fourth-order valence-electron chi connectivity index (χ4n) is 1.31. The summed E-state index contributed by atoms with van der Waals surface area (Å²) in [5, 5.41) is 8.45. The van der Waals surface area contributed by atoms with E-state index in [9.17, 15) is 0 Å². The van der Waals surface area contributed by atoms with Crippen LogP contribution in [-0.4, -0.2) is 9.97 Å². The van der Waals surface area contributed by atoms with Crippen LogP contribution in [0.2, 0.25) is 0 Å².